The highest BCUT2D eigenvalue weighted by atomic mass is 32.1. The van der Waals surface area contributed by atoms with Gasteiger partial charge in [-0.25, -0.2) is 0 Å². The molecule has 2 amide bonds. The van der Waals surface area contributed by atoms with Crippen molar-refractivity contribution in [2.45, 2.75) is 25.0 Å². The van der Waals surface area contributed by atoms with E-state index in [0.29, 0.717) is 12.0 Å². The van der Waals surface area contributed by atoms with Crippen LogP contribution in [0.15, 0.2) is 41.1 Å². The Morgan fingerprint density at radius 3 is 2.87 bits per heavy atom. The number of aliphatic hydroxyl groups excluding tert-OH is 1. The molecule has 0 aliphatic heterocycles. The van der Waals surface area contributed by atoms with Gasteiger partial charge in [-0.15, -0.1) is 0 Å². The molecule has 2 aromatic rings. The maximum absolute atomic E-state index is 12.1. The molecule has 3 rings (SSSR count). The number of hydrogen-bond donors (Lipinski definition) is 3. The van der Waals surface area contributed by atoms with Crippen LogP contribution in [0.3, 0.4) is 0 Å². The fraction of sp³-hybridized carbons (Fsp3) is 0.294. The summed E-state index contributed by atoms with van der Waals surface area (Å²) in [6, 6.07) is 9.09. The normalized spacial score (nSPS) is 19.2. The topological polar surface area (TPSA) is 78.4 Å². The van der Waals surface area contributed by atoms with E-state index >= 15 is 0 Å². The van der Waals surface area contributed by atoms with Gasteiger partial charge in [-0.3, -0.25) is 9.59 Å². The largest absolute Gasteiger partial charge is 0.390 e. The van der Waals surface area contributed by atoms with Crippen LogP contribution in [0.25, 0.3) is 0 Å². The van der Waals surface area contributed by atoms with Gasteiger partial charge in [0.1, 0.15) is 0 Å². The van der Waals surface area contributed by atoms with E-state index in [1.54, 1.807) is 11.4 Å². The summed E-state index contributed by atoms with van der Waals surface area (Å²) in [4.78, 5) is 23.8. The highest BCUT2D eigenvalue weighted by Crippen LogP contribution is 2.31. The molecule has 1 aromatic heterocycles. The van der Waals surface area contributed by atoms with Crippen molar-refractivity contribution in [3.8, 4) is 0 Å². The predicted molar refractivity (Wildman–Crippen MR) is 88.3 cm³/mol. The minimum absolute atomic E-state index is 0.176. The fourth-order valence-electron chi connectivity index (χ4n) is 2.78. The third-order valence-corrected chi connectivity index (χ3v) is 4.62. The molecule has 0 radical (unpaired) electrons. The number of rotatable bonds is 5. The van der Waals surface area contributed by atoms with Crippen molar-refractivity contribution in [3.63, 3.8) is 0 Å². The minimum Gasteiger partial charge on any atom is -0.390 e. The third-order valence-electron chi connectivity index (χ3n) is 3.94. The number of fused-ring (bicyclic) bond motifs is 1. The van der Waals surface area contributed by atoms with Crippen LogP contribution in [-0.4, -0.2) is 29.6 Å². The van der Waals surface area contributed by atoms with Gasteiger partial charge in [-0.1, -0.05) is 24.3 Å². The Hall–Kier alpha value is -2.18. The first-order valence-corrected chi connectivity index (χ1v) is 8.45. The lowest BCUT2D eigenvalue weighted by Gasteiger charge is -2.18. The van der Waals surface area contributed by atoms with Crippen LogP contribution in [-0.2, 0) is 11.2 Å². The summed E-state index contributed by atoms with van der Waals surface area (Å²) in [5.74, 6) is -0.360. The van der Waals surface area contributed by atoms with Crippen LogP contribution in [0.2, 0.25) is 0 Å². The zero-order valence-corrected chi connectivity index (χ0v) is 13.3. The van der Waals surface area contributed by atoms with Crippen LogP contribution in [0.4, 0.5) is 0 Å². The number of carbonyl (C=O) groups is 2. The second-order valence-corrected chi connectivity index (χ2v) is 6.31. The lowest BCUT2D eigenvalue weighted by Crippen LogP contribution is -2.36. The third kappa shape index (κ3) is 3.60. The lowest BCUT2D eigenvalue weighted by molar-refractivity contribution is -0.122. The van der Waals surface area contributed by atoms with Crippen molar-refractivity contribution in [2.24, 2.45) is 0 Å². The van der Waals surface area contributed by atoms with Crippen molar-refractivity contribution < 1.29 is 14.7 Å². The Morgan fingerprint density at radius 2 is 2.09 bits per heavy atom. The first-order chi connectivity index (χ1) is 11.1. The molecule has 1 aromatic carbocycles. The molecule has 3 N–H and O–H groups in total. The highest BCUT2D eigenvalue weighted by Gasteiger charge is 2.31. The second-order valence-electron chi connectivity index (χ2n) is 5.53. The summed E-state index contributed by atoms with van der Waals surface area (Å²) in [5, 5.41) is 19.3. The first-order valence-electron chi connectivity index (χ1n) is 7.51. The Morgan fingerprint density at radius 1 is 1.26 bits per heavy atom. The molecule has 0 spiro atoms. The molecular formula is C17H18N2O3S. The summed E-state index contributed by atoms with van der Waals surface area (Å²) in [6.45, 7) is 0.269. The average Bonchev–Trinajstić information content (AvgIpc) is 3.16. The number of thiophene rings is 1. The van der Waals surface area contributed by atoms with Crippen molar-refractivity contribution in [1.29, 1.82) is 0 Å². The summed E-state index contributed by atoms with van der Waals surface area (Å²) in [6.07, 6.45) is 0.133. The van der Waals surface area contributed by atoms with E-state index in [1.807, 2.05) is 29.6 Å². The smallest absolute Gasteiger partial charge is 0.252 e. The van der Waals surface area contributed by atoms with Crippen LogP contribution in [0.1, 0.15) is 33.9 Å². The number of hydrogen-bond acceptors (Lipinski definition) is 4. The van der Waals surface area contributed by atoms with Crippen LogP contribution < -0.4 is 10.6 Å². The summed E-state index contributed by atoms with van der Waals surface area (Å²) in [7, 11) is 0. The Kier molecular flexibility index (Phi) is 4.73. The molecule has 2 atom stereocenters. The van der Waals surface area contributed by atoms with Gasteiger partial charge in [-0.05, 0) is 22.6 Å². The van der Waals surface area contributed by atoms with Gasteiger partial charge in [0.2, 0.25) is 5.91 Å². The van der Waals surface area contributed by atoms with Gasteiger partial charge in [-0.2, -0.15) is 11.3 Å². The Balaban J connectivity index is 1.49. The van der Waals surface area contributed by atoms with E-state index in [0.717, 1.165) is 11.1 Å². The maximum atomic E-state index is 12.1. The zero-order chi connectivity index (χ0) is 16.2. The number of nitrogens with one attached hydrogen (secondary N) is 2. The van der Waals surface area contributed by atoms with Crippen LogP contribution >= 0.6 is 11.3 Å². The van der Waals surface area contributed by atoms with Crippen molar-refractivity contribution >= 4 is 23.2 Å². The molecule has 0 saturated carbocycles. The van der Waals surface area contributed by atoms with E-state index in [1.165, 1.54) is 11.3 Å². The van der Waals surface area contributed by atoms with Gasteiger partial charge < -0.3 is 15.7 Å². The van der Waals surface area contributed by atoms with E-state index in [2.05, 4.69) is 10.6 Å². The number of benzene rings is 1. The lowest BCUT2D eigenvalue weighted by atomic mass is 10.1. The first kappa shape index (κ1) is 15.7. The van der Waals surface area contributed by atoms with Gasteiger partial charge in [0, 0.05) is 30.3 Å². The molecule has 1 heterocycles. The SMILES string of the molecule is O=C(CCNC(=O)c1ccsc1)NC1c2ccccc2CC1O. The average molecular weight is 330 g/mol. The number of amides is 2. The summed E-state index contributed by atoms with van der Waals surface area (Å²) >= 11 is 1.45. The molecular weight excluding hydrogens is 312 g/mol. The molecule has 0 saturated heterocycles. The molecule has 1 aliphatic carbocycles. The monoisotopic (exact) mass is 330 g/mol. The zero-order valence-electron chi connectivity index (χ0n) is 12.5. The predicted octanol–water partition coefficient (Wildman–Crippen LogP) is 1.64. The standard InChI is InChI=1S/C17H18N2O3S/c20-14-9-11-3-1-2-4-13(11)16(14)19-15(21)5-7-18-17(22)12-6-8-23-10-12/h1-4,6,8,10,14,16,20H,5,7,9H2,(H,18,22)(H,19,21). The Labute approximate surface area is 138 Å². The van der Waals surface area contributed by atoms with Gasteiger partial charge in [0.15, 0.2) is 0 Å². The number of carbonyl (C=O) groups excluding carboxylic acids is 2. The molecule has 6 heteroatoms. The Bertz CT molecular complexity index is 700. The highest BCUT2D eigenvalue weighted by molar-refractivity contribution is 7.08. The van der Waals surface area contributed by atoms with Crippen molar-refractivity contribution in [2.75, 3.05) is 6.54 Å². The van der Waals surface area contributed by atoms with Gasteiger partial charge in [0.25, 0.3) is 5.91 Å². The fourth-order valence-corrected chi connectivity index (χ4v) is 3.41. The van der Waals surface area contributed by atoms with Crippen LogP contribution in [0.5, 0.6) is 0 Å². The second kappa shape index (κ2) is 6.93. The van der Waals surface area contributed by atoms with E-state index in [9.17, 15) is 14.7 Å². The van der Waals surface area contributed by atoms with E-state index in [4.69, 9.17) is 0 Å². The van der Waals surface area contributed by atoms with Gasteiger partial charge in [0.05, 0.1) is 12.1 Å². The molecule has 0 fully saturated rings. The molecule has 5 nitrogen and oxygen atoms in total. The van der Waals surface area contributed by atoms with Gasteiger partial charge >= 0.3 is 0 Å². The van der Waals surface area contributed by atoms with Crippen molar-refractivity contribution in [1.82, 2.24) is 10.6 Å². The van der Waals surface area contributed by atoms with E-state index < -0.39 is 6.10 Å². The molecule has 120 valence electrons. The summed E-state index contributed by atoms with van der Waals surface area (Å²) in [5.41, 5.74) is 2.64. The minimum atomic E-state index is -0.600. The summed E-state index contributed by atoms with van der Waals surface area (Å²) < 4.78 is 0. The molecule has 0 bridgehead atoms. The quantitative estimate of drug-likeness (QED) is 0.780. The maximum Gasteiger partial charge on any atom is 0.252 e. The molecule has 1 aliphatic rings. The van der Waals surface area contributed by atoms with Crippen molar-refractivity contribution in [3.05, 3.63) is 57.8 Å². The number of aliphatic hydroxyl groups is 1. The van der Waals surface area contributed by atoms with Crippen LogP contribution in [0, 0.1) is 0 Å². The molecule has 23 heavy (non-hydrogen) atoms. The van der Waals surface area contributed by atoms with E-state index in [-0.39, 0.29) is 30.8 Å². The molecule has 2 unspecified atom stereocenters.